The van der Waals surface area contributed by atoms with E-state index in [-0.39, 0.29) is 18.3 Å². The monoisotopic (exact) mass is 303 g/mol. The molecular weight excluding hydrogens is 280 g/mol. The summed E-state index contributed by atoms with van der Waals surface area (Å²) in [5.41, 5.74) is 11.5. The van der Waals surface area contributed by atoms with E-state index in [1.54, 1.807) is 7.05 Å². The zero-order valence-corrected chi connectivity index (χ0v) is 12.7. The van der Waals surface area contributed by atoms with E-state index >= 15 is 0 Å². The van der Waals surface area contributed by atoms with Crippen LogP contribution in [0.4, 0.5) is 0 Å². The molecule has 0 aromatic carbocycles. The van der Waals surface area contributed by atoms with Crippen molar-refractivity contribution in [3.8, 4) is 6.19 Å². The molecule has 1 aliphatic heterocycles. The van der Waals surface area contributed by atoms with E-state index in [1.807, 2.05) is 11.1 Å². The van der Waals surface area contributed by atoms with Crippen molar-refractivity contribution in [2.45, 2.75) is 31.7 Å². The molecule has 1 saturated heterocycles. The summed E-state index contributed by atoms with van der Waals surface area (Å²) in [6, 6.07) is -0.435. The molecule has 0 aromatic rings. The molecule has 20 heavy (non-hydrogen) atoms. The summed E-state index contributed by atoms with van der Waals surface area (Å²) < 4.78 is 1.25. The van der Waals surface area contributed by atoms with E-state index in [0.29, 0.717) is 18.9 Å². The second kappa shape index (κ2) is 9.39. The fourth-order valence-electron chi connectivity index (χ4n) is 2.01. The molecule has 0 spiro atoms. The number of nitrogens with zero attached hydrogens (tertiary/aromatic N) is 3. The third kappa shape index (κ3) is 5.63. The highest BCUT2D eigenvalue weighted by Crippen LogP contribution is 2.10. The molecule has 0 aromatic heterocycles. The summed E-state index contributed by atoms with van der Waals surface area (Å²) in [6.07, 6.45) is 5.40. The van der Waals surface area contributed by atoms with Crippen molar-refractivity contribution >= 4 is 24.3 Å². The minimum atomic E-state index is -0.435. The van der Waals surface area contributed by atoms with Crippen LogP contribution in [-0.4, -0.2) is 54.1 Å². The van der Waals surface area contributed by atoms with Crippen molar-refractivity contribution in [3.05, 3.63) is 0 Å². The quantitative estimate of drug-likeness (QED) is 0.153. The van der Waals surface area contributed by atoms with E-state index in [1.165, 1.54) is 4.58 Å². The number of hydrogen-bond acceptors (Lipinski definition) is 3. The van der Waals surface area contributed by atoms with Gasteiger partial charge in [-0.3, -0.25) is 10.1 Å². The van der Waals surface area contributed by atoms with Crippen molar-refractivity contribution < 1.29 is 9.37 Å². The third-order valence-electron chi connectivity index (χ3n) is 3.24. The Labute approximate surface area is 126 Å². The van der Waals surface area contributed by atoms with Gasteiger partial charge in [-0.1, -0.05) is 0 Å². The molecule has 0 radical (unpaired) electrons. The van der Waals surface area contributed by atoms with Crippen LogP contribution in [0.3, 0.4) is 0 Å². The molecule has 1 amide bonds. The van der Waals surface area contributed by atoms with Gasteiger partial charge in [-0.2, -0.15) is 4.58 Å². The Morgan fingerprint density at radius 3 is 2.65 bits per heavy atom. The fraction of sp³-hybridized carbons (Fsp3) is 0.750. The van der Waals surface area contributed by atoms with Crippen LogP contribution in [0.15, 0.2) is 0 Å². The van der Waals surface area contributed by atoms with Crippen LogP contribution in [0.25, 0.3) is 0 Å². The van der Waals surface area contributed by atoms with E-state index < -0.39 is 6.04 Å². The molecule has 5 N–H and O–H groups in total. The van der Waals surface area contributed by atoms with Gasteiger partial charge in [0.25, 0.3) is 0 Å². The molecule has 0 unspecified atom stereocenters. The van der Waals surface area contributed by atoms with Gasteiger partial charge in [-0.25, -0.2) is 0 Å². The summed E-state index contributed by atoms with van der Waals surface area (Å²) in [5, 5.41) is 11.5. The van der Waals surface area contributed by atoms with E-state index in [0.717, 1.165) is 32.4 Å². The van der Waals surface area contributed by atoms with Crippen LogP contribution in [0.5, 0.6) is 0 Å². The van der Waals surface area contributed by atoms with Crippen LogP contribution in [0.1, 0.15) is 25.7 Å². The summed E-state index contributed by atoms with van der Waals surface area (Å²) in [6.45, 7) is 2.26. The van der Waals surface area contributed by atoms with E-state index in [4.69, 9.17) is 16.7 Å². The molecule has 114 valence electrons. The van der Waals surface area contributed by atoms with Gasteiger partial charge in [-0.15, -0.1) is 12.4 Å². The average Bonchev–Trinajstić information content (AvgIpc) is 2.95. The van der Waals surface area contributed by atoms with Crippen molar-refractivity contribution in [3.63, 3.8) is 0 Å². The Balaban J connectivity index is 0.00000361. The van der Waals surface area contributed by atoms with Crippen LogP contribution in [0.2, 0.25) is 0 Å². The van der Waals surface area contributed by atoms with Crippen molar-refractivity contribution in [1.29, 1.82) is 5.26 Å². The lowest BCUT2D eigenvalue weighted by Crippen LogP contribution is -2.43. The Kier molecular flexibility index (Phi) is 8.68. The summed E-state index contributed by atoms with van der Waals surface area (Å²) in [5.74, 6) is 0.352. The maximum absolute atomic E-state index is 11.9. The molecule has 7 nitrogen and oxygen atoms in total. The molecule has 0 saturated carbocycles. The van der Waals surface area contributed by atoms with Gasteiger partial charge < -0.3 is 16.4 Å². The number of guanidine groups is 1. The van der Waals surface area contributed by atoms with Crippen molar-refractivity contribution in [2.75, 3.05) is 26.7 Å². The summed E-state index contributed by atoms with van der Waals surface area (Å²) >= 11 is 0. The minimum Gasteiger partial charge on any atom is -0.341 e. The van der Waals surface area contributed by atoms with E-state index in [9.17, 15) is 4.79 Å². The smallest absolute Gasteiger partial charge is 0.326 e. The lowest BCUT2D eigenvalue weighted by Gasteiger charge is -2.19. The number of carbonyl (C=O) groups excluding carboxylic acids is 1. The van der Waals surface area contributed by atoms with Crippen LogP contribution in [-0.2, 0) is 4.79 Å². The second-order valence-electron chi connectivity index (χ2n) is 4.75. The first-order valence-corrected chi connectivity index (χ1v) is 6.60. The number of nitrogens with two attached hydrogens (primary N) is 2. The lowest BCUT2D eigenvalue weighted by molar-refractivity contribution is -0.406. The molecule has 0 aliphatic carbocycles. The predicted octanol–water partition coefficient (Wildman–Crippen LogP) is -0.834. The van der Waals surface area contributed by atoms with Gasteiger partial charge in [0.2, 0.25) is 5.91 Å². The Bertz CT molecular complexity index is 386. The molecule has 1 rings (SSSR count). The zero-order chi connectivity index (χ0) is 14.3. The molecule has 1 aliphatic rings. The van der Waals surface area contributed by atoms with Crippen LogP contribution < -0.4 is 16.8 Å². The maximum atomic E-state index is 11.9. The zero-order valence-electron chi connectivity index (χ0n) is 11.8. The van der Waals surface area contributed by atoms with Crippen molar-refractivity contribution in [1.82, 2.24) is 10.2 Å². The number of rotatable bonds is 5. The van der Waals surface area contributed by atoms with Gasteiger partial charge in [0, 0.05) is 13.1 Å². The highest BCUT2D eigenvalue weighted by molar-refractivity contribution is 5.85. The average molecular weight is 304 g/mol. The largest absolute Gasteiger partial charge is 0.341 e. The maximum Gasteiger partial charge on any atom is 0.326 e. The summed E-state index contributed by atoms with van der Waals surface area (Å²) in [4.78, 5) is 13.8. The second-order valence-corrected chi connectivity index (χ2v) is 4.75. The molecular formula is C12H24ClN6O+. The minimum absolute atomic E-state index is 0. The topological polar surface area (TPSA) is 111 Å². The third-order valence-corrected chi connectivity index (χ3v) is 3.24. The highest BCUT2D eigenvalue weighted by atomic mass is 35.5. The van der Waals surface area contributed by atoms with Crippen LogP contribution >= 0.6 is 12.4 Å². The van der Waals surface area contributed by atoms with E-state index in [2.05, 4.69) is 5.32 Å². The van der Waals surface area contributed by atoms with Gasteiger partial charge in [0.05, 0.1) is 19.6 Å². The first-order chi connectivity index (χ1) is 9.06. The highest BCUT2D eigenvalue weighted by Gasteiger charge is 2.23. The Morgan fingerprint density at radius 2 is 2.10 bits per heavy atom. The first kappa shape index (κ1) is 18.5. The number of carbonyl (C=O) groups is 1. The van der Waals surface area contributed by atoms with Gasteiger partial charge in [0.15, 0.2) is 0 Å². The SMILES string of the molecule is C[N+](C#N)=C(N)NCCC[C@H](N)C(=O)N1CCCC1.Cl. The molecule has 0 bridgehead atoms. The Morgan fingerprint density at radius 1 is 1.50 bits per heavy atom. The van der Waals surface area contributed by atoms with Crippen LogP contribution in [0, 0.1) is 11.5 Å². The molecule has 8 heteroatoms. The summed E-state index contributed by atoms with van der Waals surface area (Å²) in [7, 11) is 1.57. The molecule has 1 fully saturated rings. The van der Waals surface area contributed by atoms with Gasteiger partial charge >= 0.3 is 12.2 Å². The number of amides is 1. The number of nitrogens with one attached hydrogen (secondary N) is 1. The number of hydrogen-bond donors (Lipinski definition) is 3. The first-order valence-electron chi connectivity index (χ1n) is 6.60. The molecule has 1 atom stereocenters. The van der Waals surface area contributed by atoms with Gasteiger partial charge in [0.1, 0.15) is 0 Å². The number of likely N-dealkylation sites (tertiary alicyclic amines) is 1. The van der Waals surface area contributed by atoms with Gasteiger partial charge in [-0.05, 0) is 30.9 Å². The number of halogens is 1. The Hall–Kier alpha value is -1.52. The normalized spacial score (nSPS) is 16.8. The fourth-order valence-corrected chi connectivity index (χ4v) is 2.01. The number of nitriles is 1. The standard InChI is InChI=1S/C12H22N6O.ClH/c1-17(9-13)12(15)16-6-4-5-10(14)11(19)18-7-2-3-8-18;/h10H,2-8,14H2,1H3,(H2,15,16);1H/p+1/t10-;/m0./s1. The molecule has 1 heterocycles. The predicted molar refractivity (Wildman–Crippen MR) is 79.3 cm³/mol. The lowest BCUT2D eigenvalue weighted by atomic mass is 10.1. The van der Waals surface area contributed by atoms with Crippen molar-refractivity contribution in [2.24, 2.45) is 11.5 Å².